The van der Waals surface area contributed by atoms with Gasteiger partial charge in [-0.1, -0.05) is 24.3 Å². The standard InChI is InChI=1S/C12H11NO2/c1-2-11(15)13-12-9-6-4-3-5-8(9)7-10(12)14/h1,3-6,10,12,14H,7H2,(H,13,15). The summed E-state index contributed by atoms with van der Waals surface area (Å²) in [6.07, 6.45) is 4.95. The highest BCUT2D eigenvalue weighted by Gasteiger charge is 2.31. The minimum absolute atomic E-state index is 0.371. The quantitative estimate of drug-likeness (QED) is 0.646. The number of benzene rings is 1. The van der Waals surface area contributed by atoms with Gasteiger partial charge >= 0.3 is 0 Å². The van der Waals surface area contributed by atoms with Gasteiger partial charge < -0.3 is 10.4 Å². The monoisotopic (exact) mass is 201 g/mol. The summed E-state index contributed by atoms with van der Waals surface area (Å²) in [5.74, 6) is 1.49. The van der Waals surface area contributed by atoms with Crippen molar-refractivity contribution in [1.82, 2.24) is 5.32 Å². The summed E-state index contributed by atoms with van der Waals surface area (Å²) >= 11 is 0. The summed E-state index contributed by atoms with van der Waals surface area (Å²) in [4.78, 5) is 11.1. The Morgan fingerprint density at radius 3 is 3.00 bits per heavy atom. The Morgan fingerprint density at radius 1 is 1.53 bits per heavy atom. The first kappa shape index (κ1) is 9.75. The summed E-state index contributed by atoms with van der Waals surface area (Å²) in [7, 11) is 0. The number of aliphatic hydroxyl groups excluding tert-OH is 1. The van der Waals surface area contributed by atoms with E-state index in [2.05, 4.69) is 5.32 Å². The van der Waals surface area contributed by atoms with E-state index in [1.54, 1.807) is 0 Å². The summed E-state index contributed by atoms with van der Waals surface area (Å²) < 4.78 is 0. The van der Waals surface area contributed by atoms with Gasteiger partial charge in [0.15, 0.2) is 0 Å². The number of aliphatic hydroxyl groups is 1. The molecule has 3 heteroatoms. The van der Waals surface area contributed by atoms with Crippen molar-refractivity contribution in [3.8, 4) is 12.3 Å². The molecule has 0 saturated heterocycles. The van der Waals surface area contributed by atoms with E-state index in [4.69, 9.17) is 6.42 Å². The maximum absolute atomic E-state index is 11.1. The lowest BCUT2D eigenvalue weighted by molar-refractivity contribution is -0.117. The second kappa shape index (κ2) is 3.76. The van der Waals surface area contributed by atoms with Crippen LogP contribution in [0.3, 0.4) is 0 Å². The van der Waals surface area contributed by atoms with E-state index in [-0.39, 0.29) is 6.04 Å². The fourth-order valence-corrected chi connectivity index (χ4v) is 1.93. The number of hydrogen-bond donors (Lipinski definition) is 2. The minimum Gasteiger partial charge on any atom is -0.390 e. The van der Waals surface area contributed by atoms with E-state index >= 15 is 0 Å². The molecule has 0 spiro atoms. The Bertz CT molecular complexity index is 433. The molecule has 2 atom stereocenters. The van der Waals surface area contributed by atoms with Crippen LogP contribution in [0.25, 0.3) is 0 Å². The highest BCUT2D eigenvalue weighted by Crippen LogP contribution is 2.30. The molecular weight excluding hydrogens is 190 g/mol. The third kappa shape index (κ3) is 1.72. The topological polar surface area (TPSA) is 49.3 Å². The number of hydrogen-bond acceptors (Lipinski definition) is 2. The fraction of sp³-hybridized carbons (Fsp3) is 0.250. The van der Waals surface area contributed by atoms with Crippen molar-refractivity contribution in [2.45, 2.75) is 18.6 Å². The first-order valence-corrected chi connectivity index (χ1v) is 4.75. The molecule has 1 amide bonds. The Morgan fingerprint density at radius 2 is 2.27 bits per heavy atom. The van der Waals surface area contributed by atoms with Gasteiger partial charge in [-0.2, -0.15) is 0 Å². The first-order valence-electron chi connectivity index (χ1n) is 4.75. The molecule has 1 aliphatic rings. The average molecular weight is 201 g/mol. The van der Waals surface area contributed by atoms with Crippen molar-refractivity contribution in [2.75, 3.05) is 0 Å². The summed E-state index contributed by atoms with van der Waals surface area (Å²) in [6, 6.07) is 7.26. The van der Waals surface area contributed by atoms with E-state index in [0.717, 1.165) is 11.1 Å². The summed E-state index contributed by atoms with van der Waals surface area (Å²) in [5.41, 5.74) is 2.01. The molecule has 0 saturated carbocycles. The number of nitrogens with one attached hydrogen (secondary N) is 1. The molecule has 1 aliphatic carbocycles. The summed E-state index contributed by atoms with van der Waals surface area (Å²) in [5, 5.41) is 12.4. The molecule has 2 unspecified atom stereocenters. The van der Waals surface area contributed by atoms with Crippen LogP contribution < -0.4 is 5.32 Å². The molecular formula is C12H11NO2. The van der Waals surface area contributed by atoms with E-state index in [0.29, 0.717) is 6.42 Å². The smallest absolute Gasteiger partial charge is 0.296 e. The zero-order valence-corrected chi connectivity index (χ0v) is 8.10. The van der Waals surface area contributed by atoms with Crippen molar-refractivity contribution in [2.24, 2.45) is 0 Å². The Balaban J connectivity index is 2.27. The Kier molecular flexibility index (Phi) is 2.44. The van der Waals surface area contributed by atoms with Crippen LogP contribution >= 0.6 is 0 Å². The van der Waals surface area contributed by atoms with Crippen LogP contribution in [0, 0.1) is 12.3 Å². The molecule has 15 heavy (non-hydrogen) atoms. The molecule has 0 heterocycles. The number of amides is 1. The number of rotatable bonds is 1. The van der Waals surface area contributed by atoms with E-state index < -0.39 is 12.0 Å². The van der Waals surface area contributed by atoms with Gasteiger partial charge in [-0.15, -0.1) is 6.42 Å². The number of carbonyl (C=O) groups is 1. The fourth-order valence-electron chi connectivity index (χ4n) is 1.93. The molecule has 0 fully saturated rings. The zero-order valence-electron chi connectivity index (χ0n) is 8.10. The van der Waals surface area contributed by atoms with Crippen LogP contribution in [0.1, 0.15) is 17.2 Å². The minimum atomic E-state index is -0.584. The predicted molar refractivity (Wildman–Crippen MR) is 55.9 cm³/mol. The van der Waals surface area contributed by atoms with Crippen LogP contribution in [0.4, 0.5) is 0 Å². The molecule has 1 aromatic carbocycles. The number of carbonyl (C=O) groups excluding carboxylic acids is 1. The van der Waals surface area contributed by atoms with Gasteiger partial charge in [0, 0.05) is 6.42 Å². The van der Waals surface area contributed by atoms with E-state index in [9.17, 15) is 9.90 Å². The lowest BCUT2D eigenvalue weighted by Gasteiger charge is -2.15. The van der Waals surface area contributed by atoms with Crippen LogP contribution in [0.2, 0.25) is 0 Å². The van der Waals surface area contributed by atoms with E-state index in [1.165, 1.54) is 0 Å². The molecule has 3 nitrogen and oxygen atoms in total. The second-order valence-corrected chi connectivity index (χ2v) is 3.57. The van der Waals surface area contributed by atoms with Crippen LogP contribution in [0.5, 0.6) is 0 Å². The van der Waals surface area contributed by atoms with Crippen molar-refractivity contribution in [1.29, 1.82) is 0 Å². The van der Waals surface area contributed by atoms with Crippen molar-refractivity contribution < 1.29 is 9.90 Å². The zero-order chi connectivity index (χ0) is 10.8. The van der Waals surface area contributed by atoms with Crippen LogP contribution in [-0.2, 0) is 11.2 Å². The lowest BCUT2D eigenvalue weighted by Crippen LogP contribution is -2.32. The molecule has 1 aromatic rings. The van der Waals surface area contributed by atoms with Crippen molar-refractivity contribution >= 4 is 5.91 Å². The molecule has 76 valence electrons. The summed E-state index contributed by atoms with van der Waals surface area (Å²) in [6.45, 7) is 0. The third-order valence-corrected chi connectivity index (χ3v) is 2.62. The molecule has 0 aliphatic heterocycles. The van der Waals surface area contributed by atoms with Crippen molar-refractivity contribution in [3.63, 3.8) is 0 Å². The second-order valence-electron chi connectivity index (χ2n) is 3.57. The molecule has 0 radical (unpaired) electrons. The lowest BCUT2D eigenvalue weighted by atomic mass is 10.1. The third-order valence-electron chi connectivity index (χ3n) is 2.62. The van der Waals surface area contributed by atoms with E-state index in [1.807, 2.05) is 30.2 Å². The highest BCUT2D eigenvalue weighted by molar-refractivity contribution is 5.93. The molecule has 2 rings (SSSR count). The average Bonchev–Trinajstić information content (AvgIpc) is 2.55. The van der Waals surface area contributed by atoms with Gasteiger partial charge in [-0.05, 0) is 17.0 Å². The first-order chi connectivity index (χ1) is 7.22. The van der Waals surface area contributed by atoms with Gasteiger partial charge in [0.25, 0.3) is 5.91 Å². The van der Waals surface area contributed by atoms with Crippen LogP contribution in [-0.4, -0.2) is 17.1 Å². The van der Waals surface area contributed by atoms with Gasteiger partial charge in [-0.25, -0.2) is 0 Å². The van der Waals surface area contributed by atoms with Gasteiger partial charge in [0.1, 0.15) is 0 Å². The largest absolute Gasteiger partial charge is 0.390 e. The molecule has 2 N–H and O–H groups in total. The maximum Gasteiger partial charge on any atom is 0.296 e. The highest BCUT2D eigenvalue weighted by atomic mass is 16.3. The number of fused-ring (bicyclic) bond motifs is 1. The van der Waals surface area contributed by atoms with Crippen LogP contribution in [0.15, 0.2) is 24.3 Å². The molecule has 0 aromatic heterocycles. The Labute approximate surface area is 88.1 Å². The maximum atomic E-state index is 11.1. The normalized spacial score (nSPS) is 22.9. The van der Waals surface area contributed by atoms with Crippen molar-refractivity contribution in [3.05, 3.63) is 35.4 Å². The van der Waals surface area contributed by atoms with Gasteiger partial charge in [0.2, 0.25) is 0 Å². The van der Waals surface area contributed by atoms with Gasteiger partial charge in [0.05, 0.1) is 12.1 Å². The van der Waals surface area contributed by atoms with Gasteiger partial charge in [-0.3, -0.25) is 4.79 Å². The Hall–Kier alpha value is -1.79. The SMILES string of the molecule is C#CC(=O)NC1c2ccccc2CC1O. The predicted octanol–water partition coefficient (Wildman–Crippen LogP) is 0.394. The molecule has 0 bridgehead atoms. The number of terminal acetylenes is 1.